The number of hydrogen-bond donors (Lipinski definition) is 0. The van der Waals surface area contributed by atoms with Crippen molar-refractivity contribution in [3.05, 3.63) is 243 Å². The third kappa shape index (κ3) is 6.57. The van der Waals surface area contributed by atoms with Crippen LogP contribution in [0.3, 0.4) is 0 Å². The monoisotopic (exact) mass is 740 g/mol. The molecule has 2 heteroatoms. The third-order valence-corrected chi connectivity index (χ3v) is 11.0. The average molecular weight is 741 g/mol. The predicted molar refractivity (Wildman–Crippen MR) is 247 cm³/mol. The van der Waals surface area contributed by atoms with Gasteiger partial charge in [0, 0.05) is 34.1 Å². The molecule has 0 aliphatic carbocycles. The number of para-hydroxylation sites is 4. The third-order valence-electron chi connectivity index (χ3n) is 11.0. The second kappa shape index (κ2) is 15.5. The Hall–Kier alpha value is -7.68. The maximum atomic E-state index is 2.35. The lowest BCUT2D eigenvalue weighted by Crippen LogP contribution is -2.09. The van der Waals surface area contributed by atoms with Crippen LogP contribution in [-0.2, 0) is 0 Å². The molecule has 0 saturated heterocycles. The molecule has 0 fully saturated rings. The first-order valence-corrected chi connectivity index (χ1v) is 19.9. The Balaban J connectivity index is 1.05. The van der Waals surface area contributed by atoms with Crippen LogP contribution < -0.4 is 9.80 Å². The Morgan fingerprint density at radius 1 is 0.190 bits per heavy atom. The summed E-state index contributed by atoms with van der Waals surface area (Å²) in [6.45, 7) is 0. The van der Waals surface area contributed by atoms with Gasteiger partial charge in [0.15, 0.2) is 0 Å². The van der Waals surface area contributed by atoms with Crippen LogP contribution in [0, 0.1) is 0 Å². The van der Waals surface area contributed by atoms with Gasteiger partial charge in [-0.05, 0) is 134 Å². The van der Waals surface area contributed by atoms with E-state index < -0.39 is 0 Å². The lowest BCUT2D eigenvalue weighted by Gasteiger charge is -2.26. The van der Waals surface area contributed by atoms with Gasteiger partial charge in [0.1, 0.15) is 0 Å². The topological polar surface area (TPSA) is 6.48 Å². The summed E-state index contributed by atoms with van der Waals surface area (Å²) in [5, 5.41) is 4.96. The zero-order valence-electron chi connectivity index (χ0n) is 32.0. The van der Waals surface area contributed by atoms with Crippen molar-refractivity contribution < 1.29 is 0 Å². The van der Waals surface area contributed by atoms with E-state index in [4.69, 9.17) is 0 Å². The van der Waals surface area contributed by atoms with Gasteiger partial charge in [0.2, 0.25) is 0 Å². The minimum atomic E-state index is 1.11. The van der Waals surface area contributed by atoms with Gasteiger partial charge in [-0.25, -0.2) is 0 Å². The Morgan fingerprint density at radius 2 is 0.483 bits per heavy atom. The summed E-state index contributed by atoms with van der Waals surface area (Å²) in [7, 11) is 0. The second-order valence-electron chi connectivity index (χ2n) is 14.5. The van der Waals surface area contributed by atoms with E-state index in [2.05, 4.69) is 252 Å². The van der Waals surface area contributed by atoms with E-state index >= 15 is 0 Å². The SMILES string of the molecule is c1ccc(N(c2ccccc2)c2ccc(-c3cccc(-c4c5ccccc5c(-c5ccc(N(c6ccccc6)c6ccccc6)cc5)c5ccccc45)c3)cc2)cc1. The van der Waals surface area contributed by atoms with Crippen LogP contribution >= 0.6 is 0 Å². The number of hydrogen-bond acceptors (Lipinski definition) is 2. The van der Waals surface area contributed by atoms with E-state index in [1.807, 2.05) is 0 Å². The molecule has 0 spiro atoms. The molecule has 0 amide bonds. The molecule has 0 aliphatic heterocycles. The fraction of sp³-hybridized carbons (Fsp3) is 0. The highest BCUT2D eigenvalue weighted by Gasteiger charge is 2.19. The largest absolute Gasteiger partial charge is 0.311 e. The summed E-state index contributed by atoms with van der Waals surface area (Å²) in [4.78, 5) is 4.61. The quantitative estimate of drug-likeness (QED) is 0.136. The molecule has 274 valence electrons. The highest BCUT2D eigenvalue weighted by Crippen LogP contribution is 2.45. The summed E-state index contributed by atoms with van der Waals surface area (Å²) in [5.74, 6) is 0. The van der Waals surface area contributed by atoms with Crippen molar-refractivity contribution in [3.63, 3.8) is 0 Å². The van der Waals surface area contributed by atoms with E-state index in [1.165, 1.54) is 54.9 Å². The van der Waals surface area contributed by atoms with Crippen molar-refractivity contribution in [2.45, 2.75) is 0 Å². The molecule has 0 unspecified atom stereocenters. The van der Waals surface area contributed by atoms with E-state index in [1.54, 1.807) is 0 Å². The standard InChI is InChI=1S/C56H40N2/c1-5-20-45(21-6-1)57(46-22-7-2-8-23-46)49-36-32-41(33-37-49)43-18-17-19-44(40-43)56-53-30-15-13-28-51(53)55(52-29-14-16-31-54(52)56)42-34-38-50(39-35-42)58(47-24-9-3-10-25-47)48-26-11-4-12-27-48/h1-40H. The van der Waals surface area contributed by atoms with Crippen LogP contribution in [0.15, 0.2) is 243 Å². The van der Waals surface area contributed by atoms with Crippen LogP contribution in [0.25, 0.3) is 54.9 Å². The molecule has 0 saturated carbocycles. The van der Waals surface area contributed by atoms with E-state index in [0.29, 0.717) is 0 Å². The number of rotatable bonds is 9. The fourth-order valence-electron chi connectivity index (χ4n) is 8.39. The van der Waals surface area contributed by atoms with Crippen molar-refractivity contribution in [1.29, 1.82) is 0 Å². The molecular weight excluding hydrogens is 701 g/mol. The number of nitrogens with zero attached hydrogens (tertiary/aromatic N) is 2. The average Bonchev–Trinajstić information content (AvgIpc) is 3.30. The zero-order chi connectivity index (χ0) is 38.7. The molecule has 0 aliphatic rings. The number of anilines is 6. The van der Waals surface area contributed by atoms with Gasteiger partial charge in [0.05, 0.1) is 0 Å². The summed E-state index contributed by atoms with van der Waals surface area (Å²) < 4.78 is 0. The number of benzene rings is 10. The van der Waals surface area contributed by atoms with Crippen LogP contribution in [0.1, 0.15) is 0 Å². The molecule has 0 bridgehead atoms. The molecule has 10 aromatic rings. The number of fused-ring (bicyclic) bond motifs is 2. The second-order valence-corrected chi connectivity index (χ2v) is 14.5. The molecule has 10 rings (SSSR count). The van der Waals surface area contributed by atoms with Gasteiger partial charge < -0.3 is 9.80 Å². The lowest BCUT2D eigenvalue weighted by molar-refractivity contribution is 1.28. The first kappa shape index (κ1) is 34.8. The molecule has 0 heterocycles. The Bertz CT molecular complexity index is 2830. The van der Waals surface area contributed by atoms with Gasteiger partial charge in [-0.1, -0.05) is 164 Å². The van der Waals surface area contributed by atoms with Crippen LogP contribution in [0.5, 0.6) is 0 Å². The van der Waals surface area contributed by atoms with Crippen molar-refractivity contribution >= 4 is 55.7 Å². The van der Waals surface area contributed by atoms with Gasteiger partial charge in [0.25, 0.3) is 0 Å². The van der Waals surface area contributed by atoms with E-state index in [-0.39, 0.29) is 0 Å². The molecule has 10 aromatic carbocycles. The Labute approximate surface area is 340 Å². The summed E-state index contributed by atoms with van der Waals surface area (Å²) >= 11 is 0. The maximum absolute atomic E-state index is 2.35. The smallest absolute Gasteiger partial charge is 0.0462 e. The van der Waals surface area contributed by atoms with Crippen molar-refractivity contribution in [1.82, 2.24) is 0 Å². The molecule has 2 nitrogen and oxygen atoms in total. The van der Waals surface area contributed by atoms with E-state index in [9.17, 15) is 0 Å². The zero-order valence-corrected chi connectivity index (χ0v) is 32.0. The van der Waals surface area contributed by atoms with Crippen molar-refractivity contribution in [2.24, 2.45) is 0 Å². The summed E-state index contributed by atoms with van der Waals surface area (Å²) in [5.41, 5.74) is 14.0. The molecule has 0 atom stereocenters. The predicted octanol–water partition coefficient (Wildman–Crippen LogP) is 15.9. The minimum absolute atomic E-state index is 1.11. The highest BCUT2D eigenvalue weighted by molar-refractivity contribution is 6.21. The van der Waals surface area contributed by atoms with Crippen molar-refractivity contribution in [2.75, 3.05) is 9.80 Å². The summed E-state index contributed by atoms with van der Waals surface area (Å²) in [6.07, 6.45) is 0. The normalized spacial score (nSPS) is 11.1. The van der Waals surface area contributed by atoms with Crippen LogP contribution in [-0.4, -0.2) is 0 Å². The molecule has 0 radical (unpaired) electrons. The first-order chi connectivity index (χ1) is 28.8. The minimum Gasteiger partial charge on any atom is -0.311 e. The molecule has 0 N–H and O–H groups in total. The van der Waals surface area contributed by atoms with Gasteiger partial charge in [-0.2, -0.15) is 0 Å². The molecule has 0 aromatic heterocycles. The highest BCUT2D eigenvalue weighted by atomic mass is 15.1. The van der Waals surface area contributed by atoms with Crippen LogP contribution in [0.2, 0.25) is 0 Å². The maximum Gasteiger partial charge on any atom is 0.0462 e. The Morgan fingerprint density at radius 3 is 0.862 bits per heavy atom. The van der Waals surface area contributed by atoms with Gasteiger partial charge >= 0.3 is 0 Å². The van der Waals surface area contributed by atoms with E-state index in [0.717, 1.165) is 34.1 Å². The lowest BCUT2D eigenvalue weighted by atomic mass is 9.85. The van der Waals surface area contributed by atoms with Crippen molar-refractivity contribution in [3.8, 4) is 33.4 Å². The van der Waals surface area contributed by atoms with Gasteiger partial charge in [-0.15, -0.1) is 0 Å². The Kier molecular flexibility index (Phi) is 9.27. The summed E-state index contributed by atoms with van der Waals surface area (Å²) in [6, 6.07) is 87.1. The molecular formula is C56H40N2. The fourth-order valence-corrected chi connectivity index (χ4v) is 8.39. The molecule has 58 heavy (non-hydrogen) atoms. The van der Waals surface area contributed by atoms with Gasteiger partial charge in [-0.3, -0.25) is 0 Å². The first-order valence-electron chi connectivity index (χ1n) is 19.9. The van der Waals surface area contributed by atoms with Crippen LogP contribution in [0.4, 0.5) is 34.1 Å².